The summed E-state index contributed by atoms with van der Waals surface area (Å²) in [5.41, 5.74) is 6.09. The van der Waals surface area contributed by atoms with Crippen LogP contribution in [0.5, 0.6) is 0 Å². The van der Waals surface area contributed by atoms with Crippen LogP contribution in [-0.2, 0) is 0 Å². The summed E-state index contributed by atoms with van der Waals surface area (Å²) >= 11 is 4.60. The number of thiophene rings is 1. The first-order valence-corrected chi connectivity index (χ1v) is 6.04. The Balaban J connectivity index is 2.41. The Morgan fingerprint density at radius 2 is 2.06 bits per heavy atom. The molecule has 16 heavy (non-hydrogen) atoms. The molecule has 0 spiro atoms. The van der Waals surface area contributed by atoms with Gasteiger partial charge in [0.15, 0.2) is 0 Å². The molecule has 0 atom stereocenters. The van der Waals surface area contributed by atoms with Crippen LogP contribution in [0.3, 0.4) is 0 Å². The lowest BCUT2D eigenvalue weighted by atomic mass is 10.1. The maximum Gasteiger partial charge on any atom is 0.205 e. The molecular formula is C11H7BrFNOS. The van der Waals surface area contributed by atoms with Crippen LogP contribution in [0.25, 0.3) is 0 Å². The molecule has 0 aliphatic carbocycles. The topological polar surface area (TPSA) is 43.1 Å². The van der Waals surface area contributed by atoms with E-state index in [0.717, 1.165) is 9.85 Å². The number of nitrogens with two attached hydrogens (primary N) is 1. The number of ketones is 1. The summed E-state index contributed by atoms with van der Waals surface area (Å²) in [5.74, 6) is -0.630. The molecule has 0 unspecified atom stereocenters. The van der Waals surface area contributed by atoms with E-state index in [1.54, 1.807) is 12.1 Å². The number of anilines is 1. The lowest BCUT2D eigenvalue weighted by Crippen LogP contribution is -2.03. The molecule has 0 bridgehead atoms. The Bertz CT molecular complexity index is 553. The molecule has 0 amide bonds. The lowest BCUT2D eigenvalue weighted by Gasteiger charge is -2.02. The second kappa shape index (κ2) is 4.35. The monoisotopic (exact) mass is 299 g/mol. The van der Waals surface area contributed by atoms with Gasteiger partial charge in [-0.3, -0.25) is 4.79 Å². The highest BCUT2D eigenvalue weighted by atomic mass is 79.9. The molecule has 1 heterocycles. The van der Waals surface area contributed by atoms with Gasteiger partial charge in [0.25, 0.3) is 0 Å². The zero-order valence-electron chi connectivity index (χ0n) is 8.04. The summed E-state index contributed by atoms with van der Waals surface area (Å²) in [4.78, 5) is 12.6. The molecule has 2 rings (SSSR count). The lowest BCUT2D eigenvalue weighted by molar-refractivity contribution is 0.104. The highest BCUT2D eigenvalue weighted by Crippen LogP contribution is 2.26. The molecular weight excluding hydrogens is 293 g/mol. The number of nitrogen functional groups attached to an aromatic ring is 1. The van der Waals surface area contributed by atoms with Gasteiger partial charge in [0.05, 0.1) is 8.66 Å². The van der Waals surface area contributed by atoms with E-state index in [-0.39, 0.29) is 11.5 Å². The van der Waals surface area contributed by atoms with Crippen LogP contribution < -0.4 is 5.73 Å². The van der Waals surface area contributed by atoms with Crippen LogP contribution in [0, 0.1) is 5.82 Å². The minimum absolute atomic E-state index is 0.162. The van der Waals surface area contributed by atoms with E-state index < -0.39 is 5.82 Å². The van der Waals surface area contributed by atoms with Gasteiger partial charge in [-0.05, 0) is 46.3 Å². The normalized spacial score (nSPS) is 10.4. The number of carbonyl (C=O) groups is 1. The summed E-state index contributed by atoms with van der Waals surface area (Å²) in [7, 11) is 0. The standard InChI is InChI=1S/C11H7BrFNOS/c12-10-4-3-9(16-10)11(15)7-2-1-6(13)5-8(7)14/h1-5H,14H2. The van der Waals surface area contributed by atoms with E-state index in [1.165, 1.54) is 23.5 Å². The average Bonchev–Trinajstić information content (AvgIpc) is 2.64. The van der Waals surface area contributed by atoms with Crippen molar-refractivity contribution in [3.05, 3.63) is 50.4 Å². The predicted molar refractivity (Wildman–Crippen MR) is 66.3 cm³/mol. The predicted octanol–water partition coefficient (Wildman–Crippen LogP) is 3.46. The largest absolute Gasteiger partial charge is 0.398 e. The van der Waals surface area contributed by atoms with E-state index in [1.807, 2.05) is 0 Å². The molecule has 2 aromatic rings. The number of halogens is 2. The van der Waals surface area contributed by atoms with Crippen molar-refractivity contribution in [1.29, 1.82) is 0 Å². The van der Waals surface area contributed by atoms with Crippen molar-refractivity contribution in [3.63, 3.8) is 0 Å². The molecule has 5 heteroatoms. The van der Waals surface area contributed by atoms with Gasteiger partial charge in [-0.25, -0.2) is 4.39 Å². The van der Waals surface area contributed by atoms with Crippen LogP contribution in [-0.4, -0.2) is 5.78 Å². The summed E-state index contributed by atoms with van der Waals surface area (Å²) < 4.78 is 13.7. The van der Waals surface area contributed by atoms with Crippen LogP contribution >= 0.6 is 27.3 Å². The molecule has 0 radical (unpaired) electrons. The fourth-order valence-electron chi connectivity index (χ4n) is 1.31. The molecule has 82 valence electrons. The van der Waals surface area contributed by atoms with Gasteiger partial charge in [-0.1, -0.05) is 0 Å². The van der Waals surface area contributed by atoms with Crippen LogP contribution in [0.1, 0.15) is 15.2 Å². The van der Waals surface area contributed by atoms with Crippen molar-refractivity contribution in [1.82, 2.24) is 0 Å². The molecule has 0 aliphatic heterocycles. The van der Waals surface area contributed by atoms with Gasteiger partial charge in [0, 0.05) is 11.3 Å². The molecule has 2 N–H and O–H groups in total. The van der Waals surface area contributed by atoms with Gasteiger partial charge in [-0.2, -0.15) is 0 Å². The Kier molecular flexibility index (Phi) is 3.07. The number of carbonyl (C=O) groups excluding carboxylic acids is 1. The molecule has 0 saturated carbocycles. The number of hydrogen-bond donors (Lipinski definition) is 1. The quantitative estimate of drug-likeness (QED) is 0.682. The van der Waals surface area contributed by atoms with E-state index >= 15 is 0 Å². The minimum Gasteiger partial charge on any atom is -0.398 e. The Labute approximate surface area is 104 Å². The van der Waals surface area contributed by atoms with Gasteiger partial charge in [0.2, 0.25) is 5.78 Å². The fourth-order valence-corrected chi connectivity index (χ4v) is 2.65. The number of benzene rings is 1. The Hall–Kier alpha value is -1.20. The highest BCUT2D eigenvalue weighted by Gasteiger charge is 2.14. The molecule has 0 aliphatic rings. The average molecular weight is 300 g/mol. The van der Waals surface area contributed by atoms with E-state index in [9.17, 15) is 9.18 Å². The van der Waals surface area contributed by atoms with Crippen molar-refractivity contribution in [2.45, 2.75) is 0 Å². The first-order valence-electron chi connectivity index (χ1n) is 4.43. The van der Waals surface area contributed by atoms with Crippen molar-refractivity contribution < 1.29 is 9.18 Å². The van der Waals surface area contributed by atoms with E-state index in [0.29, 0.717) is 10.4 Å². The van der Waals surface area contributed by atoms with Crippen molar-refractivity contribution >= 4 is 38.7 Å². The van der Waals surface area contributed by atoms with Gasteiger partial charge < -0.3 is 5.73 Å². The Morgan fingerprint density at radius 1 is 1.31 bits per heavy atom. The van der Waals surface area contributed by atoms with E-state index in [2.05, 4.69) is 15.9 Å². The molecule has 1 aromatic heterocycles. The third-order valence-corrected chi connectivity index (χ3v) is 3.68. The van der Waals surface area contributed by atoms with Crippen LogP contribution in [0.4, 0.5) is 10.1 Å². The Morgan fingerprint density at radius 3 is 2.62 bits per heavy atom. The van der Waals surface area contributed by atoms with Crippen molar-refractivity contribution in [2.75, 3.05) is 5.73 Å². The third kappa shape index (κ3) is 2.15. The first kappa shape index (κ1) is 11.3. The highest BCUT2D eigenvalue weighted by molar-refractivity contribution is 9.11. The zero-order chi connectivity index (χ0) is 11.7. The fraction of sp³-hybridized carbons (Fsp3) is 0. The van der Waals surface area contributed by atoms with Gasteiger partial charge in [0.1, 0.15) is 5.82 Å². The van der Waals surface area contributed by atoms with Crippen molar-refractivity contribution in [2.24, 2.45) is 0 Å². The minimum atomic E-state index is -0.443. The first-order chi connectivity index (χ1) is 7.58. The second-order valence-electron chi connectivity index (χ2n) is 3.16. The summed E-state index contributed by atoms with van der Waals surface area (Å²) in [6.45, 7) is 0. The number of hydrogen-bond acceptors (Lipinski definition) is 3. The number of rotatable bonds is 2. The summed E-state index contributed by atoms with van der Waals surface area (Å²) in [6.07, 6.45) is 0. The molecule has 2 nitrogen and oxygen atoms in total. The van der Waals surface area contributed by atoms with Crippen LogP contribution in [0.15, 0.2) is 34.1 Å². The summed E-state index contributed by atoms with van der Waals surface area (Å²) in [5, 5.41) is 0. The smallest absolute Gasteiger partial charge is 0.205 e. The second-order valence-corrected chi connectivity index (χ2v) is 5.63. The maximum atomic E-state index is 12.8. The van der Waals surface area contributed by atoms with Gasteiger partial charge >= 0.3 is 0 Å². The van der Waals surface area contributed by atoms with Gasteiger partial charge in [-0.15, -0.1) is 11.3 Å². The van der Waals surface area contributed by atoms with E-state index in [4.69, 9.17) is 5.73 Å². The zero-order valence-corrected chi connectivity index (χ0v) is 10.4. The summed E-state index contributed by atoms with van der Waals surface area (Å²) in [6, 6.07) is 7.28. The van der Waals surface area contributed by atoms with Crippen molar-refractivity contribution in [3.8, 4) is 0 Å². The molecule has 0 fully saturated rings. The maximum absolute atomic E-state index is 12.8. The third-order valence-electron chi connectivity index (χ3n) is 2.06. The SMILES string of the molecule is Nc1cc(F)ccc1C(=O)c1ccc(Br)s1. The van der Waals surface area contributed by atoms with Crippen LogP contribution in [0.2, 0.25) is 0 Å². The molecule has 0 saturated heterocycles. The molecule has 1 aromatic carbocycles.